The molecule has 0 saturated heterocycles. The second-order valence-electron chi connectivity index (χ2n) is 4.52. The molecule has 0 aliphatic heterocycles. The highest BCUT2D eigenvalue weighted by molar-refractivity contribution is 7.22. The van der Waals surface area contributed by atoms with Crippen molar-refractivity contribution in [1.29, 1.82) is 0 Å². The molecule has 20 heavy (non-hydrogen) atoms. The fourth-order valence-corrected chi connectivity index (χ4v) is 2.95. The third-order valence-electron chi connectivity index (χ3n) is 3.19. The smallest absolute Gasteiger partial charge is 0.260 e. The molecule has 0 aliphatic carbocycles. The van der Waals surface area contributed by atoms with Gasteiger partial charge >= 0.3 is 0 Å². The number of nitrogens with zero attached hydrogens (tertiary/aromatic N) is 1. The second-order valence-corrected chi connectivity index (χ2v) is 5.55. The number of anilines is 1. The van der Waals surface area contributed by atoms with Crippen molar-refractivity contribution < 1.29 is 9.21 Å². The molecule has 0 atom stereocenters. The normalized spacial score (nSPS) is 10.9. The SMILES string of the molecule is CCc1ccc2nc(NC(=O)c3ccoc3C)sc2c1. The minimum atomic E-state index is -0.189. The Bertz CT molecular complexity index is 773. The summed E-state index contributed by atoms with van der Waals surface area (Å²) in [6.07, 6.45) is 2.50. The lowest BCUT2D eigenvalue weighted by Crippen LogP contribution is -2.11. The van der Waals surface area contributed by atoms with Gasteiger partial charge in [0.1, 0.15) is 5.76 Å². The highest BCUT2D eigenvalue weighted by atomic mass is 32.1. The number of hydrogen-bond donors (Lipinski definition) is 1. The van der Waals surface area contributed by atoms with Gasteiger partial charge in [-0.1, -0.05) is 24.3 Å². The van der Waals surface area contributed by atoms with Crippen molar-refractivity contribution >= 4 is 32.6 Å². The molecule has 3 aromatic rings. The number of carbonyl (C=O) groups excluding carboxylic acids is 1. The number of rotatable bonds is 3. The molecule has 5 heteroatoms. The van der Waals surface area contributed by atoms with Crippen LogP contribution in [0.25, 0.3) is 10.2 Å². The van der Waals surface area contributed by atoms with Crippen molar-refractivity contribution in [2.24, 2.45) is 0 Å². The minimum absolute atomic E-state index is 0.189. The third-order valence-corrected chi connectivity index (χ3v) is 4.12. The van der Waals surface area contributed by atoms with E-state index in [1.54, 1.807) is 13.0 Å². The molecular formula is C15H14N2O2S. The van der Waals surface area contributed by atoms with E-state index < -0.39 is 0 Å². The van der Waals surface area contributed by atoms with Gasteiger partial charge in [-0.15, -0.1) is 0 Å². The Balaban J connectivity index is 1.88. The van der Waals surface area contributed by atoms with E-state index in [4.69, 9.17) is 4.42 Å². The van der Waals surface area contributed by atoms with Crippen LogP contribution >= 0.6 is 11.3 Å². The van der Waals surface area contributed by atoms with E-state index in [0.717, 1.165) is 16.6 Å². The summed E-state index contributed by atoms with van der Waals surface area (Å²) in [7, 11) is 0. The van der Waals surface area contributed by atoms with Gasteiger partial charge in [0.15, 0.2) is 5.13 Å². The third kappa shape index (κ3) is 2.32. The summed E-state index contributed by atoms with van der Waals surface area (Å²) in [6, 6.07) is 7.83. The van der Waals surface area contributed by atoms with E-state index in [0.29, 0.717) is 16.5 Å². The number of benzene rings is 1. The molecule has 2 aromatic heterocycles. The Morgan fingerprint density at radius 1 is 1.40 bits per heavy atom. The lowest BCUT2D eigenvalue weighted by molar-refractivity contribution is 0.102. The zero-order valence-electron chi connectivity index (χ0n) is 11.3. The maximum absolute atomic E-state index is 12.1. The number of fused-ring (bicyclic) bond motifs is 1. The van der Waals surface area contributed by atoms with Gasteiger partial charge in [0.25, 0.3) is 5.91 Å². The lowest BCUT2D eigenvalue weighted by Gasteiger charge is -1.98. The van der Waals surface area contributed by atoms with Crippen LogP contribution in [0.4, 0.5) is 5.13 Å². The van der Waals surface area contributed by atoms with Gasteiger partial charge in [0.05, 0.1) is 22.0 Å². The minimum Gasteiger partial charge on any atom is -0.469 e. The molecule has 0 unspecified atom stereocenters. The van der Waals surface area contributed by atoms with Gasteiger partial charge in [-0.05, 0) is 37.1 Å². The van der Waals surface area contributed by atoms with Crippen LogP contribution in [0.15, 0.2) is 34.9 Å². The van der Waals surface area contributed by atoms with Gasteiger partial charge in [-0.2, -0.15) is 0 Å². The predicted octanol–water partition coefficient (Wildman–Crippen LogP) is 4.01. The van der Waals surface area contributed by atoms with Crippen molar-refractivity contribution in [2.75, 3.05) is 5.32 Å². The number of aryl methyl sites for hydroxylation is 2. The standard InChI is InChI=1S/C15H14N2O2S/c1-3-10-4-5-12-13(8-10)20-15(16-12)17-14(18)11-6-7-19-9(11)2/h4-8H,3H2,1-2H3,(H,16,17,18). The molecule has 3 rings (SSSR count). The summed E-state index contributed by atoms with van der Waals surface area (Å²) < 4.78 is 6.22. The molecule has 1 amide bonds. The fourth-order valence-electron chi connectivity index (χ4n) is 2.03. The molecule has 0 radical (unpaired) electrons. The Morgan fingerprint density at radius 3 is 2.95 bits per heavy atom. The van der Waals surface area contributed by atoms with Crippen LogP contribution in [0, 0.1) is 6.92 Å². The van der Waals surface area contributed by atoms with Crippen LogP contribution in [-0.2, 0) is 6.42 Å². The molecule has 1 N–H and O–H groups in total. The van der Waals surface area contributed by atoms with E-state index in [-0.39, 0.29) is 5.91 Å². The summed E-state index contributed by atoms with van der Waals surface area (Å²) in [5.74, 6) is 0.419. The average Bonchev–Trinajstić information content (AvgIpc) is 3.03. The first-order valence-electron chi connectivity index (χ1n) is 6.42. The highest BCUT2D eigenvalue weighted by Gasteiger charge is 2.13. The van der Waals surface area contributed by atoms with Crippen molar-refractivity contribution in [2.45, 2.75) is 20.3 Å². The first-order valence-corrected chi connectivity index (χ1v) is 7.24. The highest BCUT2D eigenvalue weighted by Crippen LogP contribution is 2.27. The van der Waals surface area contributed by atoms with Crippen LogP contribution in [-0.4, -0.2) is 10.9 Å². The Hall–Kier alpha value is -2.14. The van der Waals surface area contributed by atoms with E-state index >= 15 is 0 Å². The van der Waals surface area contributed by atoms with Crippen LogP contribution < -0.4 is 5.32 Å². The van der Waals surface area contributed by atoms with Crippen molar-refractivity contribution in [3.05, 3.63) is 47.4 Å². The largest absolute Gasteiger partial charge is 0.469 e. The molecule has 0 aliphatic rings. The molecule has 1 aromatic carbocycles. The van der Waals surface area contributed by atoms with Crippen LogP contribution in [0.3, 0.4) is 0 Å². The molecule has 0 saturated carbocycles. The number of nitrogens with one attached hydrogen (secondary N) is 1. The van der Waals surface area contributed by atoms with Crippen molar-refractivity contribution in [1.82, 2.24) is 4.98 Å². The first kappa shape index (κ1) is 12.9. The number of aromatic nitrogens is 1. The maximum Gasteiger partial charge on any atom is 0.260 e. The Morgan fingerprint density at radius 2 is 2.25 bits per heavy atom. The number of furan rings is 1. The van der Waals surface area contributed by atoms with Crippen molar-refractivity contribution in [3.63, 3.8) is 0 Å². The first-order chi connectivity index (χ1) is 9.67. The topological polar surface area (TPSA) is 55.1 Å². The van der Waals surface area contributed by atoms with E-state index in [1.807, 2.05) is 6.07 Å². The van der Waals surface area contributed by atoms with Crippen molar-refractivity contribution in [3.8, 4) is 0 Å². The summed E-state index contributed by atoms with van der Waals surface area (Å²) >= 11 is 1.48. The quantitative estimate of drug-likeness (QED) is 0.791. The molecular weight excluding hydrogens is 272 g/mol. The van der Waals surface area contributed by atoms with Gasteiger partial charge in [-0.3, -0.25) is 10.1 Å². The van der Waals surface area contributed by atoms with Gasteiger partial charge in [-0.25, -0.2) is 4.98 Å². The van der Waals surface area contributed by atoms with Gasteiger partial charge in [0, 0.05) is 0 Å². The molecule has 4 nitrogen and oxygen atoms in total. The summed E-state index contributed by atoms with van der Waals surface area (Å²) in [6.45, 7) is 3.88. The maximum atomic E-state index is 12.1. The predicted molar refractivity (Wildman–Crippen MR) is 80.4 cm³/mol. The molecule has 0 bridgehead atoms. The van der Waals surface area contributed by atoms with Crippen LogP contribution in [0.2, 0.25) is 0 Å². The Kier molecular flexibility index (Phi) is 3.28. The monoisotopic (exact) mass is 286 g/mol. The zero-order valence-corrected chi connectivity index (χ0v) is 12.1. The Labute approximate surface area is 120 Å². The number of thiazole rings is 1. The summed E-state index contributed by atoms with van der Waals surface area (Å²) in [5.41, 5.74) is 2.72. The molecule has 2 heterocycles. The number of amides is 1. The number of carbonyl (C=O) groups is 1. The lowest BCUT2D eigenvalue weighted by atomic mass is 10.2. The number of hydrogen-bond acceptors (Lipinski definition) is 4. The summed E-state index contributed by atoms with van der Waals surface area (Å²) in [4.78, 5) is 16.5. The van der Waals surface area contributed by atoms with E-state index in [2.05, 4.69) is 29.4 Å². The van der Waals surface area contributed by atoms with E-state index in [1.165, 1.54) is 23.2 Å². The van der Waals surface area contributed by atoms with Gasteiger partial charge < -0.3 is 4.42 Å². The summed E-state index contributed by atoms with van der Waals surface area (Å²) in [5, 5.41) is 3.43. The van der Waals surface area contributed by atoms with Gasteiger partial charge in [0.2, 0.25) is 0 Å². The molecule has 0 spiro atoms. The fraction of sp³-hybridized carbons (Fsp3) is 0.200. The van der Waals surface area contributed by atoms with Crippen LogP contribution in [0.5, 0.6) is 0 Å². The average molecular weight is 286 g/mol. The van der Waals surface area contributed by atoms with E-state index in [9.17, 15) is 4.79 Å². The molecule has 102 valence electrons. The molecule has 0 fully saturated rings. The van der Waals surface area contributed by atoms with Crippen LogP contribution in [0.1, 0.15) is 28.6 Å². The second kappa shape index (κ2) is 5.09. The zero-order chi connectivity index (χ0) is 14.1.